The molecule has 0 aliphatic rings. The highest BCUT2D eigenvalue weighted by Crippen LogP contribution is 2.31. The van der Waals surface area contributed by atoms with E-state index in [0.717, 1.165) is 31.3 Å². The van der Waals surface area contributed by atoms with Gasteiger partial charge < -0.3 is 9.84 Å². The van der Waals surface area contributed by atoms with E-state index in [4.69, 9.17) is 4.74 Å². The quantitative estimate of drug-likeness (QED) is 0.660. The molecule has 2 rings (SSSR count). The molecule has 106 valence electrons. The summed E-state index contributed by atoms with van der Waals surface area (Å²) in [6.45, 7) is 2.76. The molecule has 0 saturated heterocycles. The second kappa shape index (κ2) is 7.43. The molecule has 0 radical (unpaired) electrons. The summed E-state index contributed by atoms with van der Waals surface area (Å²) in [5, 5.41) is 10.4. The van der Waals surface area contributed by atoms with Crippen LogP contribution in [0.5, 0.6) is 5.75 Å². The second-order valence-corrected chi connectivity index (χ2v) is 6.60. The molecule has 1 N–H and O–H groups in total. The van der Waals surface area contributed by atoms with Gasteiger partial charge in [-0.05, 0) is 80.3 Å². The van der Waals surface area contributed by atoms with Gasteiger partial charge >= 0.3 is 0 Å². The van der Waals surface area contributed by atoms with E-state index in [9.17, 15) is 5.11 Å². The van der Waals surface area contributed by atoms with E-state index in [-0.39, 0.29) is 0 Å². The Morgan fingerprint density at radius 1 is 1.20 bits per heavy atom. The molecule has 2 nitrogen and oxygen atoms in total. The summed E-state index contributed by atoms with van der Waals surface area (Å²) in [7, 11) is 0. The number of hydrogen-bond donors (Lipinski definition) is 1. The van der Waals surface area contributed by atoms with Gasteiger partial charge in [0, 0.05) is 3.57 Å². The molecule has 2 aromatic carbocycles. The van der Waals surface area contributed by atoms with E-state index in [2.05, 4.69) is 45.4 Å². The lowest BCUT2D eigenvalue weighted by Gasteiger charge is -2.14. The van der Waals surface area contributed by atoms with Crippen LogP contribution in [0.15, 0.2) is 46.9 Å². The molecule has 2 aromatic rings. The van der Waals surface area contributed by atoms with Crippen LogP contribution in [0.4, 0.5) is 0 Å². The van der Waals surface area contributed by atoms with E-state index < -0.39 is 6.10 Å². The van der Waals surface area contributed by atoms with Crippen molar-refractivity contribution in [1.29, 1.82) is 0 Å². The molecule has 0 aliphatic carbocycles. The van der Waals surface area contributed by atoms with Crippen molar-refractivity contribution in [1.82, 2.24) is 0 Å². The predicted molar refractivity (Wildman–Crippen MR) is 93.1 cm³/mol. The predicted octanol–water partition coefficient (Wildman–Crippen LogP) is 4.92. The summed E-state index contributed by atoms with van der Waals surface area (Å²) in [6.07, 6.45) is 0.348. The highest BCUT2D eigenvalue weighted by atomic mass is 127. The smallest absolute Gasteiger partial charge is 0.133 e. The molecule has 0 amide bonds. The van der Waals surface area contributed by atoms with Crippen LogP contribution in [0.25, 0.3) is 0 Å². The number of aliphatic hydroxyl groups is 1. The molecule has 0 aromatic heterocycles. The molecule has 1 unspecified atom stereocenters. The van der Waals surface area contributed by atoms with Crippen LogP contribution in [-0.2, 0) is 0 Å². The van der Waals surface area contributed by atoms with Gasteiger partial charge in [0.2, 0.25) is 0 Å². The van der Waals surface area contributed by atoms with E-state index >= 15 is 0 Å². The summed E-state index contributed by atoms with van der Waals surface area (Å²) < 4.78 is 7.60. The van der Waals surface area contributed by atoms with Crippen molar-refractivity contribution in [3.63, 3.8) is 0 Å². The van der Waals surface area contributed by atoms with Gasteiger partial charge in [-0.15, -0.1) is 0 Å². The summed E-state index contributed by atoms with van der Waals surface area (Å²) in [4.78, 5) is 0. The fourth-order valence-electron chi connectivity index (χ4n) is 1.89. The van der Waals surface area contributed by atoms with E-state index in [1.165, 1.54) is 0 Å². The minimum atomic E-state index is -0.624. The van der Waals surface area contributed by atoms with Crippen LogP contribution in [-0.4, -0.2) is 11.7 Å². The minimum absolute atomic E-state index is 0.624. The number of halogens is 2. The van der Waals surface area contributed by atoms with Gasteiger partial charge in [0.05, 0.1) is 11.1 Å². The summed E-state index contributed by atoms with van der Waals surface area (Å²) in [5.41, 5.74) is 1.74. The first-order valence-electron chi connectivity index (χ1n) is 6.47. The Hall–Kier alpha value is -0.590. The largest absolute Gasteiger partial charge is 0.492 e. The lowest BCUT2D eigenvalue weighted by atomic mass is 10.0. The summed E-state index contributed by atoms with van der Waals surface area (Å²) >= 11 is 5.74. The molecule has 0 spiro atoms. The maximum absolute atomic E-state index is 10.4. The Morgan fingerprint density at radius 3 is 2.60 bits per heavy atom. The summed E-state index contributed by atoms with van der Waals surface area (Å²) in [5.74, 6) is 0.811. The lowest BCUT2D eigenvalue weighted by molar-refractivity contribution is 0.220. The Kier molecular flexibility index (Phi) is 5.86. The first kappa shape index (κ1) is 15.8. The topological polar surface area (TPSA) is 29.5 Å². The Balaban J connectivity index is 2.22. The fraction of sp³-hybridized carbons (Fsp3) is 0.250. The zero-order valence-corrected chi connectivity index (χ0v) is 14.9. The lowest BCUT2D eigenvalue weighted by Crippen LogP contribution is -2.01. The highest BCUT2D eigenvalue weighted by molar-refractivity contribution is 14.1. The van der Waals surface area contributed by atoms with Gasteiger partial charge in [0.25, 0.3) is 0 Å². The molecule has 4 heteroatoms. The normalized spacial score (nSPS) is 12.2. The fourth-order valence-corrected chi connectivity index (χ4v) is 2.96. The molecule has 0 saturated carbocycles. The van der Waals surface area contributed by atoms with Crippen LogP contribution in [0, 0.1) is 3.57 Å². The maximum atomic E-state index is 10.4. The molecule has 0 aliphatic heterocycles. The average molecular weight is 447 g/mol. The van der Waals surface area contributed by atoms with Crippen LogP contribution >= 0.6 is 38.5 Å². The number of rotatable bonds is 5. The van der Waals surface area contributed by atoms with Gasteiger partial charge in [-0.2, -0.15) is 0 Å². The standard InChI is InChI=1S/C16H16BrIO2/c1-2-8-20-15-7-6-12(10-14(15)17)16(19)11-4-3-5-13(18)9-11/h3-7,9-10,16,19H,2,8H2,1H3. The number of ether oxygens (including phenoxy) is 1. The van der Waals surface area contributed by atoms with Crippen molar-refractivity contribution >= 4 is 38.5 Å². The zero-order chi connectivity index (χ0) is 14.5. The minimum Gasteiger partial charge on any atom is -0.492 e. The Morgan fingerprint density at radius 2 is 1.95 bits per heavy atom. The van der Waals surface area contributed by atoms with Gasteiger partial charge in [-0.1, -0.05) is 25.1 Å². The van der Waals surface area contributed by atoms with Crippen molar-refractivity contribution in [2.24, 2.45) is 0 Å². The van der Waals surface area contributed by atoms with Crippen LogP contribution in [0.2, 0.25) is 0 Å². The van der Waals surface area contributed by atoms with E-state index in [0.29, 0.717) is 6.61 Å². The third-order valence-corrected chi connectivity index (χ3v) is 4.19. The third-order valence-electron chi connectivity index (χ3n) is 2.90. The number of aliphatic hydroxyl groups excluding tert-OH is 1. The van der Waals surface area contributed by atoms with Gasteiger partial charge in [0.1, 0.15) is 11.9 Å². The van der Waals surface area contributed by atoms with Crippen molar-refractivity contribution in [2.75, 3.05) is 6.61 Å². The number of hydrogen-bond acceptors (Lipinski definition) is 2. The molecule has 1 atom stereocenters. The van der Waals surface area contributed by atoms with Gasteiger partial charge in [-0.3, -0.25) is 0 Å². The molecule has 0 bridgehead atoms. The average Bonchev–Trinajstić information content (AvgIpc) is 2.45. The summed E-state index contributed by atoms with van der Waals surface area (Å²) in [6, 6.07) is 13.6. The van der Waals surface area contributed by atoms with Crippen molar-refractivity contribution in [3.05, 3.63) is 61.6 Å². The number of benzene rings is 2. The van der Waals surface area contributed by atoms with Crippen molar-refractivity contribution in [3.8, 4) is 5.75 Å². The van der Waals surface area contributed by atoms with E-state index in [1.54, 1.807) is 0 Å². The highest BCUT2D eigenvalue weighted by Gasteiger charge is 2.12. The monoisotopic (exact) mass is 446 g/mol. The van der Waals surface area contributed by atoms with E-state index in [1.807, 2.05) is 42.5 Å². The molecule has 20 heavy (non-hydrogen) atoms. The van der Waals surface area contributed by atoms with Crippen LogP contribution < -0.4 is 4.74 Å². The SMILES string of the molecule is CCCOc1ccc(C(O)c2cccc(I)c2)cc1Br. The first-order valence-corrected chi connectivity index (χ1v) is 8.34. The van der Waals surface area contributed by atoms with Gasteiger partial charge in [-0.25, -0.2) is 0 Å². The maximum Gasteiger partial charge on any atom is 0.133 e. The van der Waals surface area contributed by atoms with Crippen molar-refractivity contribution < 1.29 is 9.84 Å². The second-order valence-electron chi connectivity index (χ2n) is 4.50. The molecule has 0 heterocycles. The zero-order valence-electron chi connectivity index (χ0n) is 11.1. The third kappa shape index (κ3) is 3.96. The van der Waals surface area contributed by atoms with Crippen LogP contribution in [0.3, 0.4) is 0 Å². The van der Waals surface area contributed by atoms with Crippen molar-refractivity contribution in [2.45, 2.75) is 19.4 Å². The first-order chi connectivity index (χ1) is 9.61. The molecule has 0 fully saturated rings. The molecular formula is C16H16BrIO2. The molecular weight excluding hydrogens is 431 g/mol. The van der Waals surface area contributed by atoms with Gasteiger partial charge in [0.15, 0.2) is 0 Å². The Bertz CT molecular complexity index is 586. The Labute approximate surface area is 141 Å². The van der Waals surface area contributed by atoms with Crippen LogP contribution in [0.1, 0.15) is 30.6 Å².